The van der Waals surface area contributed by atoms with Crippen LogP contribution >= 0.6 is 0 Å². The van der Waals surface area contributed by atoms with Crippen LogP contribution < -0.4 is 5.32 Å². The molecule has 0 radical (unpaired) electrons. The van der Waals surface area contributed by atoms with Crippen LogP contribution in [-0.2, 0) is 6.42 Å². The van der Waals surface area contributed by atoms with E-state index in [-0.39, 0.29) is 0 Å². The summed E-state index contributed by atoms with van der Waals surface area (Å²) in [6.45, 7) is 0. The highest BCUT2D eigenvalue weighted by Crippen LogP contribution is 2.36. The summed E-state index contributed by atoms with van der Waals surface area (Å²) in [5.74, 6) is 0.293. The number of fused-ring (bicyclic) bond motifs is 4. The molecular formula is C14H15N3O. The van der Waals surface area contributed by atoms with Crippen molar-refractivity contribution in [2.75, 3.05) is 0 Å². The van der Waals surface area contributed by atoms with Crippen LogP contribution in [0.5, 0.6) is 5.75 Å². The third-order valence-corrected chi connectivity index (χ3v) is 4.05. The lowest BCUT2D eigenvalue weighted by molar-refractivity contribution is 0.475. The maximum Gasteiger partial charge on any atom is 0.115 e. The van der Waals surface area contributed by atoms with Gasteiger partial charge in [0.05, 0.1) is 17.6 Å². The Morgan fingerprint density at radius 1 is 1.22 bits per heavy atom. The molecule has 2 atom stereocenters. The first-order chi connectivity index (χ1) is 8.81. The molecule has 1 saturated heterocycles. The number of benzene rings is 1. The number of aromatic nitrogens is 2. The summed E-state index contributed by atoms with van der Waals surface area (Å²) in [5, 5.41) is 17.5. The quantitative estimate of drug-likeness (QED) is 0.802. The van der Waals surface area contributed by atoms with E-state index in [9.17, 15) is 5.11 Å². The number of nitrogens with zero attached hydrogens (tertiary/aromatic N) is 2. The Balaban J connectivity index is 1.81. The molecule has 2 aliphatic rings. The third-order valence-electron chi connectivity index (χ3n) is 4.05. The molecule has 0 spiro atoms. The summed E-state index contributed by atoms with van der Waals surface area (Å²) in [5.41, 5.74) is 3.69. The minimum atomic E-state index is 0.293. The second-order valence-electron chi connectivity index (χ2n) is 5.17. The first-order valence-corrected chi connectivity index (χ1v) is 6.43. The van der Waals surface area contributed by atoms with E-state index in [1.165, 1.54) is 24.1 Å². The highest BCUT2D eigenvalue weighted by Gasteiger charge is 2.34. The van der Waals surface area contributed by atoms with Gasteiger partial charge in [-0.1, -0.05) is 0 Å². The van der Waals surface area contributed by atoms with Gasteiger partial charge in [0, 0.05) is 24.1 Å². The second-order valence-corrected chi connectivity index (χ2v) is 5.17. The van der Waals surface area contributed by atoms with Gasteiger partial charge in [0.25, 0.3) is 0 Å². The molecule has 2 unspecified atom stereocenters. The summed E-state index contributed by atoms with van der Waals surface area (Å²) in [6, 6.07) is 8.33. The van der Waals surface area contributed by atoms with Gasteiger partial charge < -0.3 is 10.4 Å². The summed E-state index contributed by atoms with van der Waals surface area (Å²) >= 11 is 0. The molecule has 0 saturated carbocycles. The van der Waals surface area contributed by atoms with Crippen LogP contribution in [0.4, 0.5) is 0 Å². The normalized spacial score (nSPS) is 25.1. The number of phenols is 1. The maximum atomic E-state index is 9.35. The van der Waals surface area contributed by atoms with Crippen molar-refractivity contribution in [2.45, 2.75) is 31.3 Å². The van der Waals surface area contributed by atoms with Crippen molar-refractivity contribution in [1.82, 2.24) is 15.1 Å². The van der Waals surface area contributed by atoms with Crippen LogP contribution in [0.2, 0.25) is 0 Å². The zero-order valence-electron chi connectivity index (χ0n) is 10.0. The number of hydrogen-bond acceptors (Lipinski definition) is 3. The molecule has 2 bridgehead atoms. The number of rotatable bonds is 1. The highest BCUT2D eigenvalue weighted by atomic mass is 16.3. The predicted molar refractivity (Wildman–Crippen MR) is 67.8 cm³/mol. The largest absolute Gasteiger partial charge is 0.508 e. The second kappa shape index (κ2) is 3.59. The van der Waals surface area contributed by atoms with Gasteiger partial charge in [-0.3, -0.25) is 0 Å². The van der Waals surface area contributed by atoms with Gasteiger partial charge in [-0.05, 0) is 37.1 Å². The Morgan fingerprint density at radius 3 is 2.89 bits per heavy atom. The Kier molecular flexibility index (Phi) is 2.02. The fourth-order valence-electron chi connectivity index (χ4n) is 3.16. The van der Waals surface area contributed by atoms with E-state index in [0.717, 1.165) is 12.1 Å². The zero-order valence-corrected chi connectivity index (χ0v) is 10.0. The molecular weight excluding hydrogens is 226 g/mol. The Morgan fingerprint density at radius 2 is 2.06 bits per heavy atom. The number of hydrogen-bond donors (Lipinski definition) is 2. The average molecular weight is 241 g/mol. The lowest BCUT2D eigenvalue weighted by atomic mass is 10.0. The molecule has 4 heteroatoms. The molecule has 4 rings (SSSR count). The first-order valence-electron chi connectivity index (χ1n) is 6.43. The first kappa shape index (κ1) is 10.1. The molecule has 3 heterocycles. The van der Waals surface area contributed by atoms with Crippen molar-refractivity contribution < 1.29 is 5.11 Å². The maximum absolute atomic E-state index is 9.35. The topological polar surface area (TPSA) is 50.1 Å². The van der Waals surface area contributed by atoms with E-state index >= 15 is 0 Å². The minimum Gasteiger partial charge on any atom is -0.508 e. The van der Waals surface area contributed by atoms with Crippen molar-refractivity contribution in [3.63, 3.8) is 0 Å². The van der Waals surface area contributed by atoms with Gasteiger partial charge >= 0.3 is 0 Å². The van der Waals surface area contributed by atoms with Crippen LogP contribution in [0, 0.1) is 0 Å². The summed E-state index contributed by atoms with van der Waals surface area (Å²) in [4.78, 5) is 0. The molecule has 92 valence electrons. The van der Waals surface area contributed by atoms with Gasteiger partial charge in [0.15, 0.2) is 0 Å². The lowest BCUT2D eigenvalue weighted by Gasteiger charge is -2.22. The van der Waals surface area contributed by atoms with Crippen molar-refractivity contribution >= 4 is 0 Å². The van der Waals surface area contributed by atoms with Gasteiger partial charge in [-0.2, -0.15) is 5.10 Å². The molecule has 1 aromatic carbocycles. The van der Waals surface area contributed by atoms with Crippen molar-refractivity contribution in [2.24, 2.45) is 0 Å². The van der Waals surface area contributed by atoms with Crippen LogP contribution in [0.3, 0.4) is 0 Å². The van der Waals surface area contributed by atoms with Crippen molar-refractivity contribution in [1.29, 1.82) is 0 Å². The molecule has 18 heavy (non-hydrogen) atoms. The Hall–Kier alpha value is -1.81. The van der Waals surface area contributed by atoms with Gasteiger partial charge in [-0.15, -0.1) is 0 Å². The fourth-order valence-corrected chi connectivity index (χ4v) is 3.16. The average Bonchev–Trinajstić information content (AvgIpc) is 2.97. The Bertz CT molecular complexity index is 588. The van der Waals surface area contributed by atoms with E-state index in [0.29, 0.717) is 17.8 Å². The number of aromatic hydroxyl groups is 1. The number of nitrogens with one attached hydrogen (secondary N) is 1. The Labute approximate surface area is 105 Å². The smallest absolute Gasteiger partial charge is 0.115 e. The molecule has 1 fully saturated rings. The summed E-state index contributed by atoms with van der Waals surface area (Å²) in [6.07, 6.45) is 5.52. The fraction of sp³-hybridized carbons (Fsp3) is 0.357. The minimum absolute atomic E-state index is 0.293. The molecule has 4 nitrogen and oxygen atoms in total. The van der Waals surface area contributed by atoms with Crippen molar-refractivity contribution in [3.05, 3.63) is 41.7 Å². The van der Waals surface area contributed by atoms with E-state index in [4.69, 9.17) is 0 Å². The predicted octanol–water partition coefficient (Wildman–Crippen LogP) is 1.93. The summed E-state index contributed by atoms with van der Waals surface area (Å²) < 4.78 is 2.01. The van der Waals surface area contributed by atoms with E-state index in [1.807, 2.05) is 23.0 Å². The molecule has 2 aliphatic heterocycles. The van der Waals surface area contributed by atoms with Gasteiger partial charge in [0.2, 0.25) is 0 Å². The zero-order chi connectivity index (χ0) is 12.1. The van der Waals surface area contributed by atoms with E-state index in [1.54, 1.807) is 12.1 Å². The standard InChI is InChI=1S/C14H15N3O/c18-11-4-2-10(3-5-11)17-14-7-9-1-6-13(16-9)12(14)8-15-17/h2-5,8-9,13,16,18H,1,6-7H2. The van der Waals surface area contributed by atoms with Crippen molar-refractivity contribution in [3.8, 4) is 11.4 Å². The third kappa shape index (κ3) is 1.39. The van der Waals surface area contributed by atoms with E-state index < -0.39 is 0 Å². The van der Waals surface area contributed by atoms with Crippen LogP contribution in [0.1, 0.15) is 30.1 Å². The lowest BCUT2D eigenvalue weighted by Crippen LogP contribution is -2.32. The monoisotopic (exact) mass is 241 g/mol. The summed E-state index contributed by atoms with van der Waals surface area (Å²) in [7, 11) is 0. The van der Waals surface area contributed by atoms with Crippen LogP contribution in [-0.4, -0.2) is 20.9 Å². The van der Waals surface area contributed by atoms with Gasteiger partial charge in [0.1, 0.15) is 5.75 Å². The molecule has 0 amide bonds. The molecule has 2 aromatic rings. The van der Waals surface area contributed by atoms with Crippen LogP contribution in [0.15, 0.2) is 30.5 Å². The molecule has 0 aliphatic carbocycles. The van der Waals surface area contributed by atoms with Gasteiger partial charge in [-0.25, -0.2) is 4.68 Å². The molecule has 1 aromatic heterocycles. The SMILES string of the molecule is Oc1ccc(-n2ncc3c2CC2CCC3N2)cc1. The van der Waals surface area contributed by atoms with E-state index in [2.05, 4.69) is 10.4 Å². The molecule has 2 N–H and O–H groups in total. The van der Waals surface area contributed by atoms with Crippen LogP contribution in [0.25, 0.3) is 5.69 Å². The highest BCUT2D eigenvalue weighted by molar-refractivity contribution is 5.41. The number of phenolic OH excluding ortho intramolecular Hbond substituents is 1.